The van der Waals surface area contributed by atoms with Crippen LogP contribution in [0.25, 0.3) is 0 Å². The lowest BCUT2D eigenvalue weighted by Crippen LogP contribution is -2.29. The van der Waals surface area contributed by atoms with E-state index in [0.29, 0.717) is 17.4 Å². The molecule has 1 N–H and O–H groups in total. The van der Waals surface area contributed by atoms with Crippen molar-refractivity contribution >= 4 is 35.7 Å². The van der Waals surface area contributed by atoms with E-state index in [1.165, 1.54) is 0 Å². The molecule has 6 nitrogen and oxygen atoms in total. The maximum atomic E-state index is 11.5. The first-order valence-electron chi connectivity index (χ1n) is 9.62. The van der Waals surface area contributed by atoms with Crippen LogP contribution in [0, 0.1) is 0 Å². The van der Waals surface area contributed by atoms with Crippen LogP contribution in [0.3, 0.4) is 0 Å². The molecular weight excluding hydrogens is 420 g/mol. The Bertz CT molecular complexity index is 760. The molecule has 2 aromatic rings. The quantitative estimate of drug-likeness (QED) is 0.537. The van der Waals surface area contributed by atoms with Gasteiger partial charge in [-0.3, -0.25) is 0 Å². The van der Waals surface area contributed by atoms with Crippen molar-refractivity contribution in [1.82, 2.24) is 10.2 Å². The summed E-state index contributed by atoms with van der Waals surface area (Å²) in [5.74, 6) is 4.77. The first-order valence-corrected chi connectivity index (χ1v) is 11.9. The van der Waals surface area contributed by atoms with Crippen LogP contribution >= 0.6 is 23.5 Å². The topological polar surface area (TPSA) is 67.9 Å². The van der Waals surface area contributed by atoms with Crippen molar-refractivity contribution in [2.45, 2.75) is 19.6 Å². The fourth-order valence-electron chi connectivity index (χ4n) is 2.03. The van der Waals surface area contributed by atoms with E-state index in [9.17, 15) is 9.59 Å². The smallest absolute Gasteiger partial charge is 0.410 e. The van der Waals surface area contributed by atoms with Gasteiger partial charge in [0.2, 0.25) is 0 Å². The second kappa shape index (κ2) is 15.5. The summed E-state index contributed by atoms with van der Waals surface area (Å²) in [4.78, 5) is 24.1. The van der Waals surface area contributed by atoms with Crippen molar-refractivity contribution in [2.24, 2.45) is 0 Å². The molecule has 2 amide bonds. The van der Waals surface area contributed by atoms with Crippen LogP contribution in [-0.2, 0) is 5.75 Å². The van der Waals surface area contributed by atoms with Crippen LogP contribution in [0.4, 0.5) is 9.59 Å². The van der Waals surface area contributed by atoms with Gasteiger partial charge in [0.05, 0.1) is 5.88 Å². The Morgan fingerprint density at radius 1 is 0.933 bits per heavy atom. The number of nitrogens with one attached hydrogen (secondary N) is 1. The van der Waals surface area contributed by atoms with Gasteiger partial charge >= 0.3 is 12.2 Å². The fourth-order valence-corrected chi connectivity index (χ4v) is 3.26. The van der Waals surface area contributed by atoms with Crippen LogP contribution < -0.4 is 14.8 Å². The molecule has 0 bridgehead atoms. The number of para-hydroxylation sites is 2. The maximum Gasteiger partial charge on any atom is 0.415 e. The van der Waals surface area contributed by atoms with E-state index in [0.717, 1.165) is 22.8 Å². The Kier molecular flexibility index (Phi) is 13.3. The van der Waals surface area contributed by atoms with Crippen molar-refractivity contribution in [3.8, 4) is 11.5 Å². The van der Waals surface area contributed by atoms with Gasteiger partial charge in [0, 0.05) is 25.4 Å². The normalized spacial score (nSPS) is 9.73. The molecule has 8 heteroatoms. The van der Waals surface area contributed by atoms with E-state index < -0.39 is 6.09 Å². The Balaban J connectivity index is 0.000000300. The van der Waals surface area contributed by atoms with Gasteiger partial charge in [-0.15, -0.1) is 11.8 Å². The first-order chi connectivity index (χ1) is 14.5. The van der Waals surface area contributed by atoms with Crippen molar-refractivity contribution in [3.05, 3.63) is 60.2 Å². The van der Waals surface area contributed by atoms with E-state index >= 15 is 0 Å². The van der Waals surface area contributed by atoms with Gasteiger partial charge in [-0.2, -0.15) is 11.8 Å². The van der Waals surface area contributed by atoms with Crippen molar-refractivity contribution in [2.75, 3.05) is 31.5 Å². The van der Waals surface area contributed by atoms with Gasteiger partial charge in [0.15, 0.2) is 0 Å². The summed E-state index contributed by atoms with van der Waals surface area (Å²) in [6, 6.07) is 16.7. The highest BCUT2D eigenvalue weighted by Gasteiger charge is 2.10. The molecule has 0 radical (unpaired) electrons. The Hall–Kier alpha value is -2.32. The van der Waals surface area contributed by atoms with Gasteiger partial charge < -0.3 is 19.7 Å². The lowest BCUT2D eigenvalue weighted by atomic mass is 10.2. The molecule has 0 aliphatic rings. The summed E-state index contributed by atoms with van der Waals surface area (Å²) in [5, 5.41) is 2.43. The average Bonchev–Trinajstić information content (AvgIpc) is 2.77. The van der Waals surface area contributed by atoms with E-state index in [4.69, 9.17) is 9.47 Å². The summed E-state index contributed by atoms with van der Waals surface area (Å²) in [6.07, 6.45) is -0.744. The lowest BCUT2D eigenvalue weighted by Gasteiger charge is -2.15. The molecule has 0 unspecified atom stereocenters. The largest absolute Gasteiger partial charge is 0.415 e. The van der Waals surface area contributed by atoms with E-state index in [-0.39, 0.29) is 6.09 Å². The van der Waals surface area contributed by atoms with Gasteiger partial charge in [-0.05, 0) is 29.7 Å². The molecule has 0 aromatic heterocycles. The van der Waals surface area contributed by atoms with Crippen LogP contribution in [0.5, 0.6) is 11.5 Å². The monoisotopic (exact) mass is 450 g/mol. The van der Waals surface area contributed by atoms with Crippen molar-refractivity contribution < 1.29 is 19.1 Å². The lowest BCUT2D eigenvalue weighted by molar-refractivity contribution is 0.170. The number of carbonyl (C=O) groups excluding carboxylic acids is 2. The zero-order valence-corrected chi connectivity index (χ0v) is 19.6. The Labute approximate surface area is 187 Å². The van der Waals surface area contributed by atoms with Crippen molar-refractivity contribution in [1.29, 1.82) is 0 Å². The average molecular weight is 451 g/mol. The zero-order chi connectivity index (χ0) is 22.2. The van der Waals surface area contributed by atoms with Crippen LogP contribution in [0.2, 0.25) is 0 Å². The van der Waals surface area contributed by atoms with E-state index in [2.05, 4.69) is 19.2 Å². The number of thioether (sulfide) groups is 2. The number of hydrogen-bond donors (Lipinski definition) is 1. The molecule has 164 valence electrons. The molecule has 0 saturated heterocycles. The predicted octanol–water partition coefficient (Wildman–Crippen LogP) is 5.49. The van der Waals surface area contributed by atoms with Crippen LogP contribution in [-0.4, -0.2) is 48.6 Å². The molecule has 0 spiro atoms. The highest BCUT2D eigenvalue weighted by molar-refractivity contribution is 7.99. The molecule has 0 fully saturated rings. The van der Waals surface area contributed by atoms with Gasteiger partial charge in [0.25, 0.3) is 0 Å². The van der Waals surface area contributed by atoms with Gasteiger partial charge in [-0.1, -0.05) is 50.2 Å². The third kappa shape index (κ3) is 10.5. The molecule has 2 rings (SSSR count). The summed E-state index contributed by atoms with van der Waals surface area (Å²) in [5.41, 5.74) is 1.05. The standard InChI is InChI=1S/2C11H15NO2S/c1-3-15-8-9-6-4-5-7-10(9)14-11(13)12-2;1-3-15-9-12(2)11(13)14-10-7-5-4-6-8-10/h4-7H,3,8H2,1-2H3,(H,12,13);4-8H,3,9H2,1-2H3. The number of amides is 2. The molecule has 0 aliphatic carbocycles. The number of rotatable bonds is 8. The zero-order valence-electron chi connectivity index (χ0n) is 17.9. The highest BCUT2D eigenvalue weighted by atomic mass is 32.2. The predicted molar refractivity (Wildman–Crippen MR) is 127 cm³/mol. The van der Waals surface area contributed by atoms with Crippen LogP contribution in [0.1, 0.15) is 19.4 Å². The minimum absolute atomic E-state index is 0.317. The fraction of sp³-hybridized carbons (Fsp3) is 0.364. The number of carbonyl (C=O) groups is 2. The summed E-state index contributed by atoms with van der Waals surface area (Å²) < 4.78 is 10.3. The molecular formula is C22H30N2O4S2. The highest BCUT2D eigenvalue weighted by Crippen LogP contribution is 2.22. The molecule has 30 heavy (non-hydrogen) atoms. The number of hydrogen-bond acceptors (Lipinski definition) is 6. The molecule has 0 heterocycles. The van der Waals surface area contributed by atoms with E-state index in [1.54, 1.807) is 60.7 Å². The van der Waals surface area contributed by atoms with E-state index in [1.807, 2.05) is 36.4 Å². The molecule has 0 atom stereocenters. The Morgan fingerprint density at radius 3 is 2.20 bits per heavy atom. The second-order valence-electron chi connectivity index (χ2n) is 5.89. The summed E-state index contributed by atoms with van der Waals surface area (Å²) in [7, 11) is 3.28. The van der Waals surface area contributed by atoms with Gasteiger partial charge in [0.1, 0.15) is 11.5 Å². The summed E-state index contributed by atoms with van der Waals surface area (Å²) >= 11 is 3.48. The minimum atomic E-state index is -0.427. The molecule has 0 saturated carbocycles. The van der Waals surface area contributed by atoms with Crippen molar-refractivity contribution in [3.63, 3.8) is 0 Å². The molecule has 2 aromatic carbocycles. The third-order valence-corrected chi connectivity index (χ3v) is 5.49. The Morgan fingerprint density at radius 2 is 1.57 bits per heavy atom. The number of nitrogens with zero attached hydrogens (tertiary/aromatic N) is 1. The number of ether oxygens (including phenoxy) is 2. The summed E-state index contributed by atoms with van der Waals surface area (Å²) in [6.45, 7) is 4.16. The third-order valence-electron chi connectivity index (χ3n) is 3.59. The van der Waals surface area contributed by atoms with Gasteiger partial charge in [-0.25, -0.2) is 9.59 Å². The minimum Gasteiger partial charge on any atom is -0.410 e. The maximum absolute atomic E-state index is 11.5. The first kappa shape index (κ1) is 25.7. The molecule has 0 aliphatic heterocycles. The second-order valence-corrected chi connectivity index (χ2v) is 8.40. The number of benzene rings is 2. The van der Waals surface area contributed by atoms with Crippen LogP contribution in [0.15, 0.2) is 54.6 Å². The SMILES string of the molecule is CCSCN(C)C(=O)Oc1ccccc1.CCSCc1ccccc1OC(=O)NC.